The van der Waals surface area contributed by atoms with Gasteiger partial charge < -0.3 is 15.3 Å². The summed E-state index contributed by atoms with van der Waals surface area (Å²) >= 11 is 0. The van der Waals surface area contributed by atoms with Crippen molar-refractivity contribution < 1.29 is 19.2 Å². The van der Waals surface area contributed by atoms with Crippen LogP contribution < -0.4 is 5.73 Å². The molecule has 1 saturated heterocycles. The number of amides is 1. The molecule has 8 heteroatoms. The molecule has 0 spiro atoms. The number of carbonyl (C=O) groups is 2. The van der Waals surface area contributed by atoms with Crippen molar-refractivity contribution >= 4 is 11.9 Å². The first-order valence-corrected chi connectivity index (χ1v) is 8.07. The van der Waals surface area contributed by atoms with Gasteiger partial charge in [0, 0.05) is 24.2 Å². The van der Waals surface area contributed by atoms with E-state index in [1.165, 1.54) is 5.06 Å². The highest BCUT2D eigenvalue weighted by Crippen LogP contribution is 2.42. The van der Waals surface area contributed by atoms with Crippen LogP contribution in [0.5, 0.6) is 0 Å². The van der Waals surface area contributed by atoms with E-state index in [0.29, 0.717) is 32.1 Å². The predicted octanol–water partition coefficient (Wildman–Crippen LogP) is 0.140. The summed E-state index contributed by atoms with van der Waals surface area (Å²) in [7, 11) is 0. The Bertz CT molecular complexity index is 643. The number of primary amides is 1. The smallest absolute Gasteiger partial charge is 0.376 e. The van der Waals surface area contributed by atoms with Gasteiger partial charge in [-0.25, -0.2) is 4.79 Å². The number of ether oxygens (including phenoxy) is 1. The van der Waals surface area contributed by atoms with E-state index in [1.807, 2.05) is 0 Å². The van der Waals surface area contributed by atoms with Gasteiger partial charge in [-0.1, -0.05) is 6.42 Å². The van der Waals surface area contributed by atoms with Gasteiger partial charge in [-0.3, -0.25) is 9.89 Å². The molecule has 3 unspecified atom stereocenters. The molecular formula is C15H20N4O4. The zero-order chi connectivity index (χ0) is 16.0. The third-order valence-electron chi connectivity index (χ3n) is 5.23. The SMILES string of the molecule is NC(=O)C1C2CCCC2CN1OC(=O)c1n[nH]c2c1COCC2. The van der Waals surface area contributed by atoms with Gasteiger partial charge in [0.25, 0.3) is 0 Å². The molecule has 1 aromatic rings. The largest absolute Gasteiger partial charge is 0.378 e. The van der Waals surface area contributed by atoms with Crippen LogP contribution in [0, 0.1) is 11.8 Å². The lowest BCUT2D eigenvalue weighted by molar-refractivity contribution is -0.149. The first kappa shape index (κ1) is 14.6. The van der Waals surface area contributed by atoms with Gasteiger partial charge in [0.2, 0.25) is 5.91 Å². The average Bonchev–Trinajstić information content (AvgIpc) is 3.19. The van der Waals surface area contributed by atoms with E-state index in [-0.39, 0.29) is 11.6 Å². The van der Waals surface area contributed by atoms with Crippen molar-refractivity contribution in [2.24, 2.45) is 17.6 Å². The van der Waals surface area contributed by atoms with E-state index in [0.717, 1.165) is 30.5 Å². The molecule has 1 saturated carbocycles. The topological polar surface area (TPSA) is 111 Å². The zero-order valence-corrected chi connectivity index (χ0v) is 12.8. The van der Waals surface area contributed by atoms with E-state index >= 15 is 0 Å². The Balaban J connectivity index is 1.52. The number of carbonyl (C=O) groups excluding carboxylic acids is 2. The fourth-order valence-corrected chi connectivity index (χ4v) is 4.14. The highest BCUT2D eigenvalue weighted by molar-refractivity contribution is 5.89. The van der Waals surface area contributed by atoms with Crippen LogP contribution in [-0.2, 0) is 27.4 Å². The molecule has 0 radical (unpaired) electrons. The Labute approximate surface area is 133 Å². The number of hydrogen-bond donors (Lipinski definition) is 2. The van der Waals surface area contributed by atoms with Gasteiger partial charge in [0.15, 0.2) is 5.69 Å². The van der Waals surface area contributed by atoms with E-state index in [2.05, 4.69) is 10.2 Å². The molecule has 1 amide bonds. The highest BCUT2D eigenvalue weighted by Gasteiger charge is 2.49. The lowest BCUT2D eigenvalue weighted by Gasteiger charge is -2.23. The number of H-pyrrole nitrogens is 1. The Kier molecular flexibility index (Phi) is 3.57. The van der Waals surface area contributed by atoms with Gasteiger partial charge in [-0.05, 0) is 24.7 Å². The summed E-state index contributed by atoms with van der Waals surface area (Å²) in [5.41, 5.74) is 7.43. The molecule has 3 heterocycles. The quantitative estimate of drug-likeness (QED) is 0.819. The Morgan fingerprint density at radius 3 is 3.09 bits per heavy atom. The molecule has 0 aromatic carbocycles. The number of rotatable bonds is 3. The number of aromatic nitrogens is 2. The number of nitrogens with zero attached hydrogens (tertiary/aromatic N) is 2. The maximum Gasteiger partial charge on any atom is 0.378 e. The summed E-state index contributed by atoms with van der Waals surface area (Å²) in [5, 5.41) is 8.39. The van der Waals surface area contributed by atoms with Gasteiger partial charge in [-0.15, -0.1) is 5.06 Å². The lowest BCUT2D eigenvalue weighted by atomic mass is 9.94. The number of hydroxylamine groups is 2. The Morgan fingerprint density at radius 2 is 2.26 bits per heavy atom. The minimum absolute atomic E-state index is 0.191. The first-order chi connectivity index (χ1) is 11.1. The number of aromatic amines is 1. The maximum absolute atomic E-state index is 12.5. The van der Waals surface area contributed by atoms with Crippen molar-refractivity contribution in [1.82, 2.24) is 15.3 Å². The van der Waals surface area contributed by atoms with Crippen molar-refractivity contribution in [1.29, 1.82) is 0 Å². The molecular weight excluding hydrogens is 300 g/mol. The maximum atomic E-state index is 12.5. The molecule has 0 bridgehead atoms. The van der Waals surface area contributed by atoms with Crippen LogP contribution in [0.4, 0.5) is 0 Å². The predicted molar refractivity (Wildman–Crippen MR) is 77.9 cm³/mol. The molecule has 1 aromatic heterocycles. The number of hydrogen-bond acceptors (Lipinski definition) is 6. The van der Waals surface area contributed by atoms with E-state index in [1.54, 1.807) is 0 Å². The third-order valence-corrected chi connectivity index (χ3v) is 5.23. The second kappa shape index (κ2) is 5.61. The van der Waals surface area contributed by atoms with Crippen LogP contribution in [0.2, 0.25) is 0 Å². The Hall–Kier alpha value is -1.93. The minimum Gasteiger partial charge on any atom is -0.376 e. The standard InChI is InChI=1S/C15H20N4O4/c16-14(20)13-9-3-1-2-8(9)6-19(13)23-15(21)12-10-7-22-5-4-11(10)17-18-12/h8-9,13H,1-7H2,(H2,16,20)(H,17,18). The summed E-state index contributed by atoms with van der Waals surface area (Å²) < 4.78 is 5.38. The summed E-state index contributed by atoms with van der Waals surface area (Å²) in [6, 6.07) is -0.530. The molecule has 2 aliphatic heterocycles. The fraction of sp³-hybridized carbons (Fsp3) is 0.667. The number of nitrogens with two attached hydrogens (primary N) is 1. The van der Waals surface area contributed by atoms with Crippen molar-refractivity contribution in [2.75, 3.05) is 13.2 Å². The van der Waals surface area contributed by atoms with E-state index in [9.17, 15) is 9.59 Å². The van der Waals surface area contributed by atoms with Crippen LogP contribution in [0.3, 0.4) is 0 Å². The van der Waals surface area contributed by atoms with Gasteiger partial charge in [0.05, 0.1) is 13.2 Å². The van der Waals surface area contributed by atoms with Gasteiger partial charge in [0.1, 0.15) is 6.04 Å². The average molecular weight is 320 g/mol. The Morgan fingerprint density at radius 1 is 1.39 bits per heavy atom. The molecule has 124 valence electrons. The molecule has 4 rings (SSSR count). The van der Waals surface area contributed by atoms with Crippen LogP contribution in [-0.4, -0.2) is 46.3 Å². The van der Waals surface area contributed by atoms with E-state index < -0.39 is 17.9 Å². The van der Waals surface area contributed by atoms with Crippen molar-refractivity contribution in [3.8, 4) is 0 Å². The second-order valence-corrected chi connectivity index (χ2v) is 6.51. The summed E-state index contributed by atoms with van der Waals surface area (Å²) in [6.45, 7) is 1.52. The second-order valence-electron chi connectivity index (χ2n) is 6.51. The molecule has 23 heavy (non-hydrogen) atoms. The number of fused-ring (bicyclic) bond motifs is 2. The molecule has 2 fully saturated rings. The normalized spacial score (nSPS) is 30.0. The molecule has 1 aliphatic carbocycles. The summed E-state index contributed by atoms with van der Waals surface area (Å²) in [5.74, 6) is -0.424. The van der Waals surface area contributed by atoms with Gasteiger partial charge in [-0.2, -0.15) is 5.10 Å². The summed E-state index contributed by atoms with van der Waals surface area (Å²) in [6.07, 6.45) is 3.81. The van der Waals surface area contributed by atoms with Crippen molar-refractivity contribution in [3.63, 3.8) is 0 Å². The molecule has 8 nitrogen and oxygen atoms in total. The van der Waals surface area contributed by atoms with Crippen LogP contribution >= 0.6 is 0 Å². The van der Waals surface area contributed by atoms with Crippen molar-refractivity contribution in [3.05, 3.63) is 17.0 Å². The van der Waals surface area contributed by atoms with E-state index in [4.69, 9.17) is 15.3 Å². The van der Waals surface area contributed by atoms with Crippen molar-refractivity contribution in [2.45, 2.75) is 38.3 Å². The molecule has 3 atom stereocenters. The van der Waals surface area contributed by atoms with Crippen LogP contribution in [0.1, 0.15) is 41.0 Å². The first-order valence-electron chi connectivity index (χ1n) is 8.07. The zero-order valence-electron chi connectivity index (χ0n) is 12.8. The monoisotopic (exact) mass is 320 g/mol. The molecule has 3 aliphatic rings. The lowest BCUT2D eigenvalue weighted by Crippen LogP contribution is -2.44. The minimum atomic E-state index is -0.556. The fourth-order valence-electron chi connectivity index (χ4n) is 4.14. The van der Waals surface area contributed by atoms with Crippen LogP contribution in [0.25, 0.3) is 0 Å². The number of nitrogens with one attached hydrogen (secondary N) is 1. The molecule has 3 N–H and O–H groups in total. The van der Waals surface area contributed by atoms with Gasteiger partial charge >= 0.3 is 5.97 Å². The summed E-state index contributed by atoms with van der Waals surface area (Å²) in [4.78, 5) is 29.8. The van der Waals surface area contributed by atoms with Crippen LogP contribution in [0.15, 0.2) is 0 Å². The third kappa shape index (κ3) is 2.42. The highest BCUT2D eigenvalue weighted by atomic mass is 16.7.